The SMILES string of the molecule is O=[N+]([O-])c1c(F)cnc2[nH]ccc12. The molecule has 5 nitrogen and oxygen atoms in total. The third-order valence-corrected chi connectivity index (χ3v) is 1.70. The summed E-state index contributed by atoms with van der Waals surface area (Å²) in [7, 11) is 0. The molecule has 0 aliphatic heterocycles. The fourth-order valence-corrected chi connectivity index (χ4v) is 1.16. The van der Waals surface area contributed by atoms with Gasteiger partial charge in [-0.05, 0) is 6.07 Å². The van der Waals surface area contributed by atoms with Gasteiger partial charge in [-0.3, -0.25) is 10.1 Å². The van der Waals surface area contributed by atoms with Crippen molar-refractivity contribution in [2.45, 2.75) is 0 Å². The standard InChI is InChI=1S/C7H4FN3O2/c8-5-3-10-7-4(1-2-9-7)6(5)11(12)13/h1-3H,(H,9,10). The monoisotopic (exact) mass is 181 g/mol. The molecule has 0 amide bonds. The highest BCUT2D eigenvalue weighted by molar-refractivity contribution is 5.85. The van der Waals surface area contributed by atoms with E-state index >= 15 is 0 Å². The Kier molecular flexibility index (Phi) is 1.48. The van der Waals surface area contributed by atoms with E-state index in [0.717, 1.165) is 6.20 Å². The molecule has 0 aliphatic rings. The number of pyridine rings is 1. The minimum Gasteiger partial charge on any atom is -0.346 e. The second-order valence-electron chi connectivity index (χ2n) is 2.45. The Bertz CT molecular complexity index is 480. The molecule has 0 aliphatic carbocycles. The van der Waals surface area contributed by atoms with Crippen molar-refractivity contribution in [1.82, 2.24) is 9.97 Å². The van der Waals surface area contributed by atoms with Crippen molar-refractivity contribution < 1.29 is 9.31 Å². The summed E-state index contributed by atoms with van der Waals surface area (Å²) in [4.78, 5) is 16.0. The van der Waals surface area contributed by atoms with Crippen molar-refractivity contribution >= 4 is 16.7 Å². The van der Waals surface area contributed by atoms with E-state index in [1.807, 2.05) is 0 Å². The quantitative estimate of drug-likeness (QED) is 0.536. The summed E-state index contributed by atoms with van der Waals surface area (Å²) in [5, 5.41) is 10.6. The maximum atomic E-state index is 12.9. The molecule has 0 bridgehead atoms. The number of rotatable bonds is 1. The van der Waals surface area contributed by atoms with Gasteiger partial charge in [0, 0.05) is 6.20 Å². The van der Waals surface area contributed by atoms with E-state index in [2.05, 4.69) is 9.97 Å². The second-order valence-corrected chi connectivity index (χ2v) is 2.45. The van der Waals surface area contributed by atoms with Gasteiger partial charge in [0.05, 0.1) is 16.5 Å². The lowest BCUT2D eigenvalue weighted by molar-refractivity contribution is -0.385. The molecule has 0 atom stereocenters. The van der Waals surface area contributed by atoms with Crippen LogP contribution in [0.5, 0.6) is 0 Å². The number of H-pyrrole nitrogens is 1. The van der Waals surface area contributed by atoms with E-state index in [1.165, 1.54) is 12.3 Å². The number of aromatic nitrogens is 2. The molecule has 0 saturated carbocycles. The molecular formula is C7H4FN3O2. The number of nitro groups is 1. The summed E-state index contributed by atoms with van der Waals surface area (Å²) < 4.78 is 12.9. The summed E-state index contributed by atoms with van der Waals surface area (Å²) in [5.41, 5.74) is -0.223. The molecule has 0 fully saturated rings. The van der Waals surface area contributed by atoms with E-state index in [1.54, 1.807) is 0 Å². The van der Waals surface area contributed by atoms with Crippen LogP contribution < -0.4 is 0 Å². The van der Waals surface area contributed by atoms with Crippen LogP contribution in [-0.4, -0.2) is 14.9 Å². The molecule has 13 heavy (non-hydrogen) atoms. The molecular weight excluding hydrogens is 177 g/mol. The highest BCUT2D eigenvalue weighted by atomic mass is 19.1. The van der Waals surface area contributed by atoms with Crippen molar-refractivity contribution in [2.75, 3.05) is 0 Å². The summed E-state index contributed by atoms with van der Waals surface area (Å²) in [6.45, 7) is 0. The van der Waals surface area contributed by atoms with E-state index in [9.17, 15) is 14.5 Å². The number of nitrogens with zero attached hydrogens (tertiary/aromatic N) is 2. The van der Waals surface area contributed by atoms with Gasteiger partial charge >= 0.3 is 5.69 Å². The van der Waals surface area contributed by atoms with Gasteiger partial charge in [0.1, 0.15) is 5.65 Å². The first kappa shape index (κ1) is 7.66. The minimum absolute atomic E-state index is 0.185. The zero-order chi connectivity index (χ0) is 9.42. The number of halogens is 1. The van der Waals surface area contributed by atoms with Crippen LogP contribution in [-0.2, 0) is 0 Å². The number of hydrogen-bond donors (Lipinski definition) is 1. The predicted octanol–water partition coefficient (Wildman–Crippen LogP) is 1.61. The smallest absolute Gasteiger partial charge is 0.317 e. The van der Waals surface area contributed by atoms with Crippen LogP contribution in [0, 0.1) is 15.9 Å². The van der Waals surface area contributed by atoms with E-state index < -0.39 is 16.4 Å². The Morgan fingerprint density at radius 2 is 2.38 bits per heavy atom. The number of nitrogens with one attached hydrogen (secondary N) is 1. The molecule has 66 valence electrons. The lowest BCUT2D eigenvalue weighted by Crippen LogP contribution is -1.94. The fraction of sp³-hybridized carbons (Fsp3) is 0. The van der Waals surface area contributed by atoms with Crippen molar-refractivity contribution in [3.8, 4) is 0 Å². The second kappa shape index (κ2) is 2.51. The maximum absolute atomic E-state index is 12.9. The van der Waals surface area contributed by atoms with E-state index in [4.69, 9.17) is 0 Å². The Morgan fingerprint density at radius 1 is 1.62 bits per heavy atom. The maximum Gasteiger partial charge on any atom is 0.317 e. The van der Waals surface area contributed by atoms with Crippen LogP contribution in [0.15, 0.2) is 18.5 Å². The van der Waals surface area contributed by atoms with Crippen LogP contribution in [0.1, 0.15) is 0 Å². The largest absolute Gasteiger partial charge is 0.346 e. The molecule has 0 saturated heterocycles. The summed E-state index contributed by atoms with van der Waals surface area (Å²) >= 11 is 0. The van der Waals surface area contributed by atoms with Crippen LogP contribution in [0.25, 0.3) is 11.0 Å². The predicted molar refractivity (Wildman–Crippen MR) is 42.7 cm³/mol. The third kappa shape index (κ3) is 1.03. The van der Waals surface area contributed by atoms with Gasteiger partial charge < -0.3 is 4.98 Å². The zero-order valence-electron chi connectivity index (χ0n) is 6.32. The van der Waals surface area contributed by atoms with E-state index in [0.29, 0.717) is 5.65 Å². The fourth-order valence-electron chi connectivity index (χ4n) is 1.16. The average Bonchev–Trinajstić information content (AvgIpc) is 2.50. The molecule has 0 aromatic carbocycles. The Hall–Kier alpha value is -1.98. The highest BCUT2D eigenvalue weighted by Crippen LogP contribution is 2.25. The first-order valence-corrected chi connectivity index (χ1v) is 3.46. The third-order valence-electron chi connectivity index (χ3n) is 1.70. The molecule has 0 spiro atoms. The summed E-state index contributed by atoms with van der Waals surface area (Å²) in [5.74, 6) is -0.919. The average molecular weight is 181 g/mol. The van der Waals surface area contributed by atoms with Crippen molar-refractivity contribution in [2.24, 2.45) is 0 Å². The zero-order valence-corrected chi connectivity index (χ0v) is 6.32. The number of hydrogen-bond acceptors (Lipinski definition) is 3. The first-order chi connectivity index (χ1) is 6.20. The van der Waals surface area contributed by atoms with Gasteiger partial charge in [0.15, 0.2) is 0 Å². The number of aromatic amines is 1. The molecule has 2 aromatic heterocycles. The van der Waals surface area contributed by atoms with Crippen LogP contribution in [0.3, 0.4) is 0 Å². The van der Waals surface area contributed by atoms with Gasteiger partial charge in [0.2, 0.25) is 5.82 Å². The minimum atomic E-state index is -0.919. The Morgan fingerprint density at radius 3 is 3.08 bits per heavy atom. The van der Waals surface area contributed by atoms with E-state index in [-0.39, 0.29) is 5.39 Å². The molecule has 2 rings (SSSR count). The lowest BCUT2D eigenvalue weighted by Gasteiger charge is -1.93. The molecule has 0 radical (unpaired) electrons. The van der Waals surface area contributed by atoms with Gasteiger partial charge in [-0.1, -0.05) is 0 Å². The van der Waals surface area contributed by atoms with Crippen LogP contribution >= 0.6 is 0 Å². The van der Waals surface area contributed by atoms with Crippen LogP contribution in [0.2, 0.25) is 0 Å². The van der Waals surface area contributed by atoms with Crippen LogP contribution in [0.4, 0.5) is 10.1 Å². The molecule has 1 N–H and O–H groups in total. The molecule has 2 heterocycles. The van der Waals surface area contributed by atoms with Gasteiger partial charge in [0.25, 0.3) is 0 Å². The van der Waals surface area contributed by atoms with Gasteiger partial charge in [-0.15, -0.1) is 0 Å². The van der Waals surface area contributed by atoms with Crippen molar-refractivity contribution in [1.29, 1.82) is 0 Å². The Labute approximate surface area is 71.4 Å². The highest BCUT2D eigenvalue weighted by Gasteiger charge is 2.19. The molecule has 0 unspecified atom stereocenters. The van der Waals surface area contributed by atoms with Gasteiger partial charge in [-0.2, -0.15) is 4.39 Å². The molecule has 2 aromatic rings. The summed E-state index contributed by atoms with van der Waals surface area (Å²) in [6.07, 6.45) is 2.31. The van der Waals surface area contributed by atoms with Crippen molar-refractivity contribution in [3.63, 3.8) is 0 Å². The first-order valence-electron chi connectivity index (χ1n) is 3.46. The normalized spacial score (nSPS) is 10.5. The lowest BCUT2D eigenvalue weighted by atomic mass is 10.3. The van der Waals surface area contributed by atoms with Gasteiger partial charge in [-0.25, -0.2) is 4.98 Å². The topological polar surface area (TPSA) is 71.8 Å². The molecule has 6 heteroatoms. The Balaban J connectivity index is 2.88. The van der Waals surface area contributed by atoms with Crippen molar-refractivity contribution in [3.05, 3.63) is 34.4 Å². The number of fused-ring (bicyclic) bond motifs is 1. The summed E-state index contributed by atoms with van der Waals surface area (Å²) in [6, 6.07) is 1.42.